The molecular formula is C12H22N2O3S. The molecule has 0 aromatic heterocycles. The van der Waals surface area contributed by atoms with Crippen molar-refractivity contribution in [1.29, 1.82) is 0 Å². The van der Waals surface area contributed by atoms with E-state index in [0.29, 0.717) is 19.0 Å². The van der Waals surface area contributed by atoms with E-state index in [-0.39, 0.29) is 12.6 Å². The molecule has 0 atom stereocenters. The third-order valence-corrected chi connectivity index (χ3v) is 3.64. The Labute approximate surface area is 113 Å². The van der Waals surface area contributed by atoms with E-state index in [4.69, 9.17) is 5.11 Å². The molecule has 1 aliphatic rings. The van der Waals surface area contributed by atoms with Gasteiger partial charge in [-0.25, -0.2) is 4.79 Å². The third-order valence-electron chi connectivity index (χ3n) is 2.94. The summed E-state index contributed by atoms with van der Waals surface area (Å²) in [4.78, 5) is 26.0. The first kappa shape index (κ1) is 15.1. The average Bonchev–Trinajstić information content (AvgIpc) is 3.10. The number of carboxylic acids is 1. The van der Waals surface area contributed by atoms with Crippen LogP contribution in [0.5, 0.6) is 0 Å². The lowest BCUT2D eigenvalue weighted by Gasteiger charge is -2.27. The van der Waals surface area contributed by atoms with Crippen LogP contribution in [-0.4, -0.2) is 65.6 Å². The fourth-order valence-corrected chi connectivity index (χ4v) is 2.19. The van der Waals surface area contributed by atoms with Gasteiger partial charge in [-0.1, -0.05) is 0 Å². The van der Waals surface area contributed by atoms with Crippen molar-refractivity contribution in [3.8, 4) is 0 Å². The van der Waals surface area contributed by atoms with Crippen LogP contribution in [0, 0.1) is 5.92 Å². The van der Waals surface area contributed by atoms with Crippen molar-refractivity contribution < 1.29 is 14.7 Å². The lowest BCUT2D eigenvalue weighted by atomic mass is 10.3. The molecule has 0 unspecified atom stereocenters. The summed E-state index contributed by atoms with van der Waals surface area (Å²) in [6, 6.07) is -0.162. The summed E-state index contributed by atoms with van der Waals surface area (Å²) < 4.78 is 0. The number of carboxylic acid groups (broad SMARTS) is 1. The predicted octanol–water partition coefficient (Wildman–Crippen LogP) is 1.59. The zero-order valence-corrected chi connectivity index (χ0v) is 11.9. The monoisotopic (exact) mass is 274 g/mol. The van der Waals surface area contributed by atoms with Crippen LogP contribution in [0.15, 0.2) is 0 Å². The highest BCUT2D eigenvalue weighted by atomic mass is 32.2. The molecule has 0 bridgehead atoms. The summed E-state index contributed by atoms with van der Waals surface area (Å²) in [5, 5.41) is 8.85. The lowest BCUT2D eigenvalue weighted by molar-refractivity contribution is -0.137. The quantitative estimate of drug-likeness (QED) is 0.683. The topological polar surface area (TPSA) is 60.9 Å². The molecule has 0 aromatic carbocycles. The van der Waals surface area contributed by atoms with Crippen LogP contribution in [-0.2, 0) is 4.79 Å². The second-order valence-electron chi connectivity index (χ2n) is 4.77. The molecule has 0 aromatic rings. The van der Waals surface area contributed by atoms with E-state index in [9.17, 15) is 9.59 Å². The molecule has 0 aliphatic heterocycles. The Morgan fingerprint density at radius 1 is 1.39 bits per heavy atom. The number of amides is 2. The Morgan fingerprint density at radius 3 is 2.56 bits per heavy atom. The Bertz CT molecular complexity index is 295. The highest BCUT2D eigenvalue weighted by Crippen LogP contribution is 2.29. The summed E-state index contributed by atoms with van der Waals surface area (Å²) in [5.74, 6) is 0.577. The number of nitrogens with zero attached hydrogens (tertiary/aromatic N) is 2. The van der Waals surface area contributed by atoms with Gasteiger partial charge in [0.15, 0.2) is 0 Å². The van der Waals surface area contributed by atoms with Crippen molar-refractivity contribution in [1.82, 2.24) is 9.80 Å². The minimum Gasteiger partial charge on any atom is -0.480 e. The van der Waals surface area contributed by atoms with Gasteiger partial charge < -0.3 is 14.9 Å². The molecule has 1 fully saturated rings. The number of aliphatic carboxylic acids is 1. The summed E-state index contributed by atoms with van der Waals surface area (Å²) in [7, 11) is 1.74. The predicted molar refractivity (Wildman–Crippen MR) is 73.0 cm³/mol. The summed E-state index contributed by atoms with van der Waals surface area (Å²) in [6.45, 7) is 1.07. The van der Waals surface area contributed by atoms with Crippen molar-refractivity contribution in [2.45, 2.75) is 19.3 Å². The molecule has 5 nitrogen and oxygen atoms in total. The Hall–Kier alpha value is -0.910. The fraction of sp³-hybridized carbons (Fsp3) is 0.833. The van der Waals surface area contributed by atoms with Crippen LogP contribution in [0.2, 0.25) is 0 Å². The van der Waals surface area contributed by atoms with Crippen molar-refractivity contribution in [3.63, 3.8) is 0 Å². The molecule has 1 aliphatic carbocycles. The smallest absolute Gasteiger partial charge is 0.323 e. The van der Waals surface area contributed by atoms with E-state index < -0.39 is 5.97 Å². The van der Waals surface area contributed by atoms with Crippen LogP contribution in [0.4, 0.5) is 4.79 Å². The molecule has 0 heterocycles. The Balaban J connectivity index is 2.42. The van der Waals surface area contributed by atoms with Crippen molar-refractivity contribution in [3.05, 3.63) is 0 Å². The number of carbonyl (C=O) groups is 2. The maximum Gasteiger partial charge on any atom is 0.323 e. The molecule has 6 heteroatoms. The summed E-state index contributed by atoms with van der Waals surface area (Å²) in [6.07, 6.45) is 5.19. The van der Waals surface area contributed by atoms with Gasteiger partial charge >= 0.3 is 12.0 Å². The van der Waals surface area contributed by atoms with Gasteiger partial charge in [0.2, 0.25) is 0 Å². The molecule has 0 saturated heterocycles. The summed E-state index contributed by atoms with van der Waals surface area (Å²) in [5.41, 5.74) is 0. The van der Waals surface area contributed by atoms with E-state index in [2.05, 4.69) is 0 Å². The lowest BCUT2D eigenvalue weighted by Crippen LogP contribution is -2.45. The molecule has 1 N–H and O–H groups in total. The third kappa shape index (κ3) is 5.62. The molecular weight excluding hydrogens is 252 g/mol. The minimum absolute atomic E-state index is 0.162. The number of hydrogen-bond acceptors (Lipinski definition) is 3. The number of urea groups is 1. The van der Waals surface area contributed by atoms with Gasteiger partial charge in [0.05, 0.1) is 0 Å². The van der Waals surface area contributed by atoms with Gasteiger partial charge in [-0.2, -0.15) is 11.8 Å². The van der Waals surface area contributed by atoms with Crippen LogP contribution in [0.3, 0.4) is 0 Å². The van der Waals surface area contributed by atoms with E-state index in [1.165, 1.54) is 4.90 Å². The highest BCUT2D eigenvalue weighted by molar-refractivity contribution is 7.98. The van der Waals surface area contributed by atoms with Crippen LogP contribution >= 0.6 is 11.8 Å². The maximum absolute atomic E-state index is 12.1. The van der Waals surface area contributed by atoms with Crippen molar-refractivity contribution in [2.24, 2.45) is 5.92 Å². The largest absolute Gasteiger partial charge is 0.480 e. The normalized spacial score (nSPS) is 14.3. The van der Waals surface area contributed by atoms with Gasteiger partial charge in [0.1, 0.15) is 6.54 Å². The van der Waals surface area contributed by atoms with Crippen molar-refractivity contribution >= 4 is 23.8 Å². The number of rotatable bonds is 8. The van der Waals surface area contributed by atoms with Gasteiger partial charge in [-0.05, 0) is 37.2 Å². The molecule has 2 amide bonds. The fourth-order valence-electron chi connectivity index (χ4n) is 1.77. The number of hydrogen-bond donors (Lipinski definition) is 1. The van der Waals surface area contributed by atoms with Crippen LogP contribution in [0.25, 0.3) is 0 Å². The van der Waals surface area contributed by atoms with Crippen molar-refractivity contribution in [2.75, 3.05) is 38.7 Å². The Kier molecular flexibility index (Phi) is 6.32. The second kappa shape index (κ2) is 7.51. The van der Waals surface area contributed by atoms with E-state index in [0.717, 1.165) is 25.0 Å². The van der Waals surface area contributed by atoms with Crippen LogP contribution < -0.4 is 0 Å². The molecule has 18 heavy (non-hydrogen) atoms. The molecule has 0 spiro atoms. The van der Waals surface area contributed by atoms with E-state index in [1.807, 2.05) is 6.26 Å². The zero-order chi connectivity index (χ0) is 13.5. The van der Waals surface area contributed by atoms with E-state index >= 15 is 0 Å². The molecule has 104 valence electrons. The summed E-state index contributed by atoms with van der Waals surface area (Å²) >= 11 is 1.75. The van der Waals surface area contributed by atoms with Crippen LogP contribution in [0.1, 0.15) is 19.3 Å². The minimum atomic E-state index is -0.943. The van der Waals surface area contributed by atoms with Gasteiger partial charge in [-0.3, -0.25) is 4.79 Å². The number of carbonyl (C=O) groups excluding carboxylic acids is 1. The maximum atomic E-state index is 12.1. The first-order valence-corrected chi connectivity index (χ1v) is 7.64. The molecule has 1 saturated carbocycles. The molecule has 1 rings (SSSR count). The first-order chi connectivity index (χ1) is 8.54. The van der Waals surface area contributed by atoms with Gasteiger partial charge in [0, 0.05) is 20.1 Å². The van der Waals surface area contributed by atoms with Gasteiger partial charge in [0.25, 0.3) is 0 Å². The second-order valence-corrected chi connectivity index (χ2v) is 5.75. The van der Waals surface area contributed by atoms with Gasteiger partial charge in [-0.15, -0.1) is 0 Å². The number of thioether (sulfide) groups is 1. The average molecular weight is 274 g/mol. The highest BCUT2D eigenvalue weighted by Gasteiger charge is 2.29. The molecule has 0 radical (unpaired) electrons. The standard InChI is InChI=1S/C12H22N2O3S/c1-13(6-3-7-18-2)12(17)14(9-11(15)16)8-10-4-5-10/h10H,3-9H2,1-2H3,(H,15,16). The first-order valence-electron chi connectivity index (χ1n) is 6.25. The Morgan fingerprint density at radius 2 is 2.06 bits per heavy atom. The van der Waals surface area contributed by atoms with E-state index in [1.54, 1.807) is 23.7 Å². The SMILES string of the molecule is CSCCCN(C)C(=O)N(CC(=O)O)CC1CC1. The zero-order valence-electron chi connectivity index (χ0n) is 11.1.